The number of fused-ring (bicyclic) bond motifs is 1. The van der Waals surface area contributed by atoms with Crippen molar-refractivity contribution in [1.82, 2.24) is 5.32 Å². The molecule has 0 saturated heterocycles. The van der Waals surface area contributed by atoms with Crippen LogP contribution in [-0.4, -0.2) is 37.6 Å². The fourth-order valence-corrected chi connectivity index (χ4v) is 3.22. The summed E-state index contributed by atoms with van der Waals surface area (Å²) in [6, 6.07) is 11.8. The Bertz CT molecular complexity index is 875. The highest BCUT2D eigenvalue weighted by molar-refractivity contribution is 6.35. The molecular formula is C19H18Cl2N2O4. The largest absolute Gasteiger partial charge is 0.479 e. The second kappa shape index (κ2) is 8.06. The lowest BCUT2D eigenvalue weighted by molar-refractivity contribution is -0.129. The van der Waals surface area contributed by atoms with Crippen LogP contribution >= 0.6 is 23.2 Å². The van der Waals surface area contributed by atoms with Crippen molar-refractivity contribution in [2.45, 2.75) is 19.1 Å². The van der Waals surface area contributed by atoms with Gasteiger partial charge in [-0.1, -0.05) is 35.3 Å². The number of hydrogen-bond donors (Lipinski definition) is 1. The number of para-hydroxylation sites is 2. The van der Waals surface area contributed by atoms with Gasteiger partial charge in [-0.25, -0.2) is 0 Å². The highest BCUT2D eigenvalue weighted by atomic mass is 35.5. The van der Waals surface area contributed by atoms with Crippen LogP contribution in [0.1, 0.15) is 6.92 Å². The van der Waals surface area contributed by atoms with Crippen molar-refractivity contribution in [3.8, 4) is 11.5 Å². The molecule has 0 spiro atoms. The van der Waals surface area contributed by atoms with Gasteiger partial charge in [0, 0.05) is 12.1 Å². The number of carbonyl (C=O) groups excluding carboxylic acids is 2. The molecule has 1 aliphatic heterocycles. The standard InChI is InChI=1S/C19H18Cl2N2O4/c1-11(26-15-8-7-12(20)9-13(15)21)19(25)23-10-17(18(24)22-2)27-16-6-4-3-5-14(16)23/h3-9,11,17H,10H2,1-2H3,(H,22,24). The second-order valence-electron chi connectivity index (χ2n) is 5.97. The van der Waals surface area contributed by atoms with Gasteiger partial charge in [-0.3, -0.25) is 9.59 Å². The molecule has 1 N–H and O–H groups in total. The van der Waals surface area contributed by atoms with Crippen molar-refractivity contribution >= 4 is 40.7 Å². The predicted molar refractivity (Wildman–Crippen MR) is 104 cm³/mol. The molecule has 0 fully saturated rings. The fourth-order valence-electron chi connectivity index (χ4n) is 2.77. The summed E-state index contributed by atoms with van der Waals surface area (Å²) in [4.78, 5) is 26.6. The molecule has 8 heteroatoms. The Hall–Kier alpha value is -2.44. The molecule has 27 heavy (non-hydrogen) atoms. The Morgan fingerprint density at radius 1 is 1.26 bits per heavy atom. The molecule has 2 amide bonds. The van der Waals surface area contributed by atoms with E-state index in [1.807, 2.05) is 0 Å². The van der Waals surface area contributed by atoms with Crippen LogP contribution in [0.25, 0.3) is 0 Å². The van der Waals surface area contributed by atoms with Crippen molar-refractivity contribution in [1.29, 1.82) is 0 Å². The van der Waals surface area contributed by atoms with Crippen LogP contribution in [0.4, 0.5) is 5.69 Å². The third-order valence-electron chi connectivity index (χ3n) is 4.12. The fraction of sp³-hybridized carbons (Fsp3) is 0.263. The summed E-state index contributed by atoms with van der Waals surface area (Å²) in [6.07, 6.45) is -1.64. The van der Waals surface area contributed by atoms with Gasteiger partial charge in [-0.2, -0.15) is 0 Å². The molecule has 3 rings (SSSR count). The normalized spacial score (nSPS) is 16.7. The molecule has 0 saturated carbocycles. The van der Waals surface area contributed by atoms with E-state index in [9.17, 15) is 9.59 Å². The second-order valence-corrected chi connectivity index (χ2v) is 6.82. The minimum absolute atomic E-state index is 0.0809. The van der Waals surface area contributed by atoms with Crippen molar-refractivity contribution in [2.75, 3.05) is 18.5 Å². The van der Waals surface area contributed by atoms with E-state index < -0.39 is 12.2 Å². The zero-order chi connectivity index (χ0) is 19.6. The maximum absolute atomic E-state index is 13.0. The van der Waals surface area contributed by atoms with Gasteiger partial charge in [0.2, 0.25) is 0 Å². The molecule has 0 radical (unpaired) electrons. The lowest BCUT2D eigenvalue weighted by Gasteiger charge is -2.35. The summed E-state index contributed by atoms with van der Waals surface area (Å²) in [5.74, 6) is 0.191. The predicted octanol–water partition coefficient (Wildman–Crippen LogP) is 3.30. The molecule has 1 heterocycles. The zero-order valence-corrected chi connectivity index (χ0v) is 16.3. The minimum Gasteiger partial charge on any atom is -0.479 e. The highest BCUT2D eigenvalue weighted by Gasteiger charge is 2.35. The molecular weight excluding hydrogens is 391 g/mol. The van der Waals surface area contributed by atoms with Crippen molar-refractivity contribution in [3.63, 3.8) is 0 Å². The van der Waals surface area contributed by atoms with Gasteiger partial charge in [0.1, 0.15) is 11.5 Å². The Morgan fingerprint density at radius 3 is 2.70 bits per heavy atom. The highest BCUT2D eigenvalue weighted by Crippen LogP contribution is 2.34. The summed E-state index contributed by atoms with van der Waals surface area (Å²) in [5, 5.41) is 3.33. The molecule has 2 aromatic carbocycles. The smallest absolute Gasteiger partial charge is 0.268 e. The van der Waals surface area contributed by atoms with Gasteiger partial charge in [-0.05, 0) is 37.3 Å². The number of likely N-dealkylation sites (N-methyl/N-ethyl adjacent to an activating group) is 1. The molecule has 0 bridgehead atoms. The first kappa shape index (κ1) is 19.3. The van der Waals surface area contributed by atoms with Gasteiger partial charge >= 0.3 is 0 Å². The van der Waals surface area contributed by atoms with E-state index in [4.69, 9.17) is 32.7 Å². The number of carbonyl (C=O) groups is 2. The molecule has 6 nitrogen and oxygen atoms in total. The number of hydrogen-bond acceptors (Lipinski definition) is 4. The monoisotopic (exact) mass is 408 g/mol. The van der Waals surface area contributed by atoms with Gasteiger partial charge in [-0.15, -0.1) is 0 Å². The third kappa shape index (κ3) is 4.12. The first-order valence-electron chi connectivity index (χ1n) is 8.31. The first-order chi connectivity index (χ1) is 12.9. The summed E-state index contributed by atoms with van der Waals surface area (Å²) in [6.45, 7) is 1.71. The zero-order valence-electron chi connectivity index (χ0n) is 14.7. The minimum atomic E-state index is -0.833. The van der Waals surface area contributed by atoms with E-state index in [1.165, 1.54) is 11.9 Å². The SMILES string of the molecule is CNC(=O)C1CN(C(=O)C(C)Oc2ccc(Cl)cc2Cl)c2ccccc2O1. The van der Waals surface area contributed by atoms with Crippen LogP contribution in [0.2, 0.25) is 10.0 Å². The van der Waals surface area contributed by atoms with Crippen molar-refractivity contribution in [3.05, 3.63) is 52.5 Å². The van der Waals surface area contributed by atoms with Gasteiger partial charge in [0.05, 0.1) is 17.3 Å². The quantitative estimate of drug-likeness (QED) is 0.842. The molecule has 0 aromatic heterocycles. The van der Waals surface area contributed by atoms with Crippen LogP contribution in [0.15, 0.2) is 42.5 Å². The molecule has 2 atom stereocenters. The van der Waals surface area contributed by atoms with Crippen LogP contribution in [0, 0.1) is 0 Å². The summed E-state index contributed by atoms with van der Waals surface area (Å²) < 4.78 is 11.4. The lowest BCUT2D eigenvalue weighted by Crippen LogP contribution is -2.52. The van der Waals surface area contributed by atoms with E-state index >= 15 is 0 Å². The Kier molecular flexibility index (Phi) is 5.77. The number of rotatable bonds is 4. The number of nitrogens with zero attached hydrogens (tertiary/aromatic N) is 1. The number of anilines is 1. The van der Waals surface area contributed by atoms with Gasteiger partial charge in [0.25, 0.3) is 11.8 Å². The Labute approximate surface area is 167 Å². The lowest BCUT2D eigenvalue weighted by atomic mass is 10.1. The number of benzene rings is 2. The van der Waals surface area contributed by atoms with Crippen molar-refractivity contribution < 1.29 is 19.1 Å². The topological polar surface area (TPSA) is 67.9 Å². The van der Waals surface area contributed by atoms with Gasteiger partial charge < -0.3 is 19.7 Å². The summed E-state index contributed by atoms with van der Waals surface area (Å²) in [7, 11) is 1.52. The van der Waals surface area contributed by atoms with E-state index in [0.717, 1.165) is 0 Å². The first-order valence-corrected chi connectivity index (χ1v) is 9.06. The van der Waals surface area contributed by atoms with Crippen LogP contribution in [0.5, 0.6) is 11.5 Å². The third-order valence-corrected chi connectivity index (χ3v) is 4.65. The number of nitrogens with one attached hydrogen (secondary N) is 1. The van der Waals surface area contributed by atoms with Crippen LogP contribution in [-0.2, 0) is 9.59 Å². The Morgan fingerprint density at radius 2 is 2.00 bits per heavy atom. The van der Waals surface area contributed by atoms with E-state index in [1.54, 1.807) is 49.4 Å². The van der Waals surface area contributed by atoms with E-state index in [2.05, 4.69) is 5.32 Å². The maximum atomic E-state index is 13.0. The molecule has 2 unspecified atom stereocenters. The van der Waals surface area contributed by atoms with Gasteiger partial charge in [0.15, 0.2) is 12.2 Å². The van der Waals surface area contributed by atoms with Crippen molar-refractivity contribution in [2.24, 2.45) is 0 Å². The molecule has 142 valence electrons. The average Bonchev–Trinajstić information content (AvgIpc) is 2.67. The number of amides is 2. The maximum Gasteiger partial charge on any atom is 0.268 e. The molecule has 0 aliphatic carbocycles. The average molecular weight is 409 g/mol. The molecule has 2 aromatic rings. The number of ether oxygens (including phenoxy) is 2. The summed E-state index contributed by atoms with van der Waals surface area (Å²) >= 11 is 12.0. The van der Waals surface area contributed by atoms with Crippen LogP contribution < -0.4 is 19.7 Å². The van der Waals surface area contributed by atoms with E-state index in [-0.39, 0.29) is 18.4 Å². The van der Waals surface area contributed by atoms with Crippen LogP contribution in [0.3, 0.4) is 0 Å². The molecule has 1 aliphatic rings. The van der Waals surface area contributed by atoms with E-state index in [0.29, 0.717) is 27.2 Å². The number of halogens is 2. The summed E-state index contributed by atoms with van der Waals surface area (Å²) in [5.41, 5.74) is 0.584. The Balaban J connectivity index is 1.84.